The smallest absolute Gasteiger partial charge is 0.391 e. The van der Waals surface area contributed by atoms with Crippen LogP contribution in [0.5, 0.6) is 0 Å². The molecule has 1 rings (SSSR count). The summed E-state index contributed by atoms with van der Waals surface area (Å²) in [6.45, 7) is 3.16. The molecular formula is C14H19F3N2O3. The summed E-state index contributed by atoms with van der Waals surface area (Å²) < 4.78 is 38.4. The molecule has 0 aliphatic rings. The molecule has 124 valence electrons. The Labute approximate surface area is 125 Å². The van der Waals surface area contributed by atoms with E-state index in [4.69, 9.17) is 0 Å². The zero-order valence-electron chi connectivity index (χ0n) is 12.4. The molecule has 22 heavy (non-hydrogen) atoms. The Kier molecular flexibility index (Phi) is 6.16. The Morgan fingerprint density at radius 2 is 2.05 bits per heavy atom. The zero-order chi connectivity index (χ0) is 16.9. The first-order valence-corrected chi connectivity index (χ1v) is 6.87. The van der Waals surface area contributed by atoms with Crippen molar-refractivity contribution >= 4 is 5.91 Å². The number of rotatable bonds is 6. The van der Waals surface area contributed by atoms with Crippen molar-refractivity contribution in [2.24, 2.45) is 5.92 Å². The molecule has 5 nitrogen and oxygen atoms in total. The highest BCUT2D eigenvalue weighted by atomic mass is 19.4. The third-order valence-electron chi connectivity index (χ3n) is 3.43. The first-order chi connectivity index (χ1) is 10.1. The number of aliphatic hydroxyl groups is 1. The quantitative estimate of drug-likeness (QED) is 0.832. The van der Waals surface area contributed by atoms with Gasteiger partial charge in [0.25, 0.3) is 5.56 Å². The molecule has 2 atom stereocenters. The van der Waals surface area contributed by atoms with Gasteiger partial charge in [-0.1, -0.05) is 20.3 Å². The van der Waals surface area contributed by atoms with Crippen LogP contribution in [0.3, 0.4) is 0 Å². The average molecular weight is 320 g/mol. The minimum Gasteiger partial charge on any atom is -0.391 e. The lowest BCUT2D eigenvalue weighted by atomic mass is 10.0. The highest BCUT2D eigenvalue weighted by Crippen LogP contribution is 2.27. The summed E-state index contributed by atoms with van der Waals surface area (Å²) >= 11 is 0. The van der Waals surface area contributed by atoms with Crippen molar-refractivity contribution < 1.29 is 23.1 Å². The number of aliphatic hydroxyl groups excluding tert-OH is 1. The summed E-state index contributed by atoms with van der Waals surface area (Å²) in [6.07, 6.45) is -4.00. The van der Waals surface area contributed by atoms with Crippen molar-refractivity contribution in [3.63, 3.8) is 0 Å². The number of hydrogen-bond acceptors (Lipinski definition) is 3. The van der Waals surface area contributed by atoms with Crippen LogP contribution in [0.4, 0.5) is 13.2 Å². The minimum atomic E-state index is -4.58. The van der Waals surface area contributed by atoms with E-state index in [0.717, 1.165) is 12.5 Å². The van der Waals surface area contributed by atoms with Crippen LogP contribution in [0.15, 0.2) is 23.1 Å². The molecule has 0 bridgehead atoms. The highest BCUT2D eigenvalue weighted by molar-refractivity contribution is 5.75. The molecular weight excluding hydrogens is 301 g/mol. The number of alkyl halides is 3. The standard InChI is InChI=1S/C14H19F3N2O3/c1-3-9(2)11(20)6-18-12(21)8-19-7-10(14(15,16)17)4-5-13(19)22/h4-5,7,9,11,20H,3,6,8H2,1-2H3,(H,18,21). The largest absolute Gasteiger partial charge is 0.417 e. The zero-order valence-corrected chi connectivity index (χ0v) is 12.4. The van der Waals surface area contributed by atoms with Gasteiger partial charge in [-0.3, -0.25) is 9.59 Å². The van der Waals surface area contributed by atoms with Crippen molar-refractivity contribution in [1.82, 2.24) is 9.88 Å². The van der Waals surface area contributed by atoms with E-state index in [9.17, 15) is 27.9 Å². The lowest BCUT2D eigenvalue weighted by Gasteiger charge is -2.18. The van der Waals surface area contributed by atoms with Gasteiger partial charge in [0.05, 0.1) is 11.7 Å². The van der Waals surface area contributed by atoms with Gasteiger partial charge in [-0.05, 0) is 12.0 Å². The van der Waals surface area contributed by atoms with Gasteiger partial charge in [0, 0.05) is 18.8 Å². The number of carbonyl (C=O) groups is 1. The second-order valence-electron chi connectivity index (χ2n) is 5.14. The van der Waals surface area contributed by atoms with Crippen LogP contribution in [0.25, 0.3) is 0 Å². The van der Waals surface area contributed by atoms with Crippen molar-refractivity contribution in [3.8, 4) is 0 Å². The average Bonchev–Trinajstić information content (AvgIpc) is 2.44. The fourth-order valence-corrected chi connectivity index (χ4v) is 1.72. The van der Waals surface area contributed by atoms with Crippen LogP contribution in [0.2, 0.25) is 0 Å². The number of nitrogens with zero attached hydrogens (tertiary/aromatic N) is 1. The molecule has 0 fully saturated rings. The Morgan fingerprint density at radius 1 is 1.41 bits per heavy atom. The Hall–Kier alpha value is -1.83. The van der Waals surface area contributed by atoms with Gasteiger partial charge in [-0.15, -0.1) is 0 Å². The van der Waals surface area contributed by atoms with E-state index in [2.05, 4.69) is 5.32 Å². The number of aromatic nitrogens is 1. The van der Waals surface area contributed by atoms with E-state index in [1.165, 1.54) is 0 Å². The number of carbonyl (C=O) groups excluding carboxylic acids is 1. The lowest BCUT2D eigenvalue weighted by Crippen LogP contribution is -2.38. The maximum atomic E-state index is 12.6. The summed E-state index contributed by atoms with van der Waals surface area (Å²) in [5.41, 5.74) is -1.70. The summed E-state index contributed by atoms with van der Waals surface area (Å²) in [6, 6.07) is 1.44. The molecule has 0 saturated carbocycles. The van der Waals surface area contributed by atoms with E-state index < -0.39 is 35.9 Å². The molecule has 0 aliphatic carbocycles. The topological polar surface area (TPSA) is 71.3 Å². The fraction of sp³-hybridized carbons (Fsp3) is 0.571. The van der Waals surface area contributed by atoms with Crippen LogP contribution in [-0.4, -0.2) is 28.2 Å². The van der Waals surface area contributed by atoms with Crippen LogP contribution in [0, 0.1) is 5.92 Å². The third kappa shape index (κ3) is 5.18. The van der Waals surface area contributed by atoms with Crippen molar-refractivity contribution in [3.05, 3.63) is 34.2 Å². The second kappa shape index (κ2) is 7.44. The van der Waals surface area contributed by atoms with Crippen molar-refractivity contribution in [2.75, 3.05) is 6.54 Å². The Morgan fingerprint density at radius 3 is 2.59 bits per heavy atom. The van der Waals surface area contributed by atoms with Crippen LogP contribution in [0.1, 0.15) is 25.8 Å². The molecule has 2 unspecified atom stereocenters. The first-order valence-electron chi connectivity index (χ1n) is 6.87. The molecule has 0 aliphatic heterocycles. The lowest BCUT2D eigenvalue weighted by molar-refractivity contribution is -0.138. The van der Waals surface area contributed by atoms with Crippen LogP contribution in [-0.2, 0) is 17.5 Å². The van der Waals surface area contributed by atoms with Gasteiger partial charge in [-0.2, -0.15) is 13.2 Å². The summed E-state index contributed by atoms with van der Waals surface area (Å²) in [4.78, 5) is 23.2. The molecule has 0 saturated heterocycles. The Balaban J connectivity index is 2.70. The van der Waals surface area contributed by atoms with Gasteiger partial charge in [0.2, 0.25) is 5.91 Å². The van der Waals surface area contributed by atoms with Gasteiger partial charge in [0.1, 0.15) is 6.54 Å². The van der Waals surface area contributed by atoms with E-state index in [-0.39, 0.29) is 12.5 Å². The van der Waals surface area contributed by atoms with Crippen LogP contribution >= 0.6 is 0 Å². The molecule has 0 spiro atoms. The molecule has 8 heteroatoms. The molecule has 1 aromatic rings. The van der Waals surface area contributed by atoms with E-state index in [0.29, 0.717) is 16.8 Å². The van der Waals surface area contributed by atoms with E-state index in [1.807, 2.05) is 13.8 Å². The summed E-state index contributed by atoms with van der Waals surface area (Å²) in [7, 11) is 0. The molecule has 1 heterocycles. The highest BCUT2D eigenvalue weighted by Gasteiger charge is 2.31. The maximum absolute atomic E-state index is 12.6. The van der Waals surface area contributed by atoms with E-state index >= 15 is 0 Å². The normalized spacial score (nSPS) is 14.5. The number of pyridine rings is 1. The van der Waals surface area contributed by atoms with Gasteiger partial charge in [-0.25, -0.2) is 0 Å². The summed E-state index contributed by atoms with van der Waals surface area (Å²) in [5, 5.41) is 12.1. The predicted octanol–water partition coefficient (Wildman–Crippen LogP) is 1.39. The number of amides is 1. The maximum Gasteiger partial charge on any atom is 0.417 e. The number of nitrogens with one attached hydrogen (secondary N) is 1. The van der Waals surface area contributed by atoms with Crippen molar-refractivity contribution in [2.45, 2.75) is 39.1 Å². The molecule has 1 amide bonds. The van der Waals surface area contributed by atoms with Crippen LogP contribution < -0.4 is 10.9 Å². The summed E-state index contributed by atoms with van der Waals surface area (Å²) in [5.74, 6) is -0.652. The first kappa shape index (κ1) is 18.2. The third-order valence-corrected chi connectivity index (χ3v) is 3.43. The monoisotopic (exact) mass is 320 g/mol. The molecule has 1 aromatic heterocycles. The fourth-order valence-electron chi connectivity index (χ4n) is 1.72. The van der Waals surface area contributed by atoms with Crippen molar-refractivity contribution in [1.29, 1.82) is 0 Å². The minimum absolute atomic E-state index is 0.0123. The molecule has 2 N–H and O–H groups in total. The molecule has 0 aromatic carbocycles. The Bertz CT molecular complexity index is 569. The SMILES string of the molecule is CCC(C)C(O)CNC(=O)Cn1cc(C(F)(F)F)ccc1=O. The van der Waals surface area contributed by atoms with Gasteiger partial charge in [0.15, 0.2) is 0 Å². The number of halogens is 3. The van der Waals surface area contributed by atoms with Gasteiger partial charge < -0.3 is 15.0 Å². The predicted molar refractivity (Wildman–Crippen MR) is 74.2 cm³/mol. The number of hydrogen-bond donors (Lipinski definition) is 2. The molecule has 0 radical (unpaired) electrons. The second-order valence-corrected chi connectivity index (χ2v) is 5.14. The van der Waals surface area contributed by atoms with Gasteiger partial charge >= 0.3 is 6.18 Å². The van der Waals surface area contributed by atoms with E-state index in [1.54, 1.807) is 0 Å².